The van der Waals surface area contributed by atoms with E-state index in [1.165, 1.54) is 12.1 Å². The summed E-state index contributed by atoms with van der Waals surface area (Å²) in [4.78, 5) is 0. The summed E-state index contributed by atoms with van der Waals surface area (Å²) in [7, 11) is 0. The SMILES string of the molecule is CCCNCC(Cc1ccn(C(C)CC)n1)C(C)C. The van der Waals surface area contributed by atoms with E-state index in [1.54, 1.807) is 0 Å². The highest BCUT2D eigenvalue weighted by Crippen LogP contribution is 2.17. The van der Waals surface area contributed by atoms with Crippen molar-refractivity contribution in [3.63, 3.8) is 0 Å². The Kier molecular flexibility index (Phi) is 7.14. The molecule has 1 aromatic heterocycles. The molecule has 0 bridgehead atoms. The van der Waals surface area contributed by atoms with Crippen molar-refractivity contribution in [3.05, 3.63) is 18.0 Å². The van der Waals surface area contributed by atoms with Gasteiger partial charge in [0.25, 0.3) is 0 Å². The lowest BCUT2D eigenvalue weighted by molar-refractivity contribution is 0.355. The molecule has 0 amide bonds. The van der Waals surface area contributed by atoms with E-state index in [1.807, 2.05) is 0 Å². The molecule has 0 saturated carbocycles. The third kappa shape index (κ3) is 5.35. The molecule has 3 heteroatoms. The summed E-state index contributed by atoms with van der Waals surface area (Å²) in [6.45, 7) is 13.5. The second-order valence-corrected chi connectivity index (χ2v) is 5.96. The van der Waals surface area contributed by atoms with E-state index in [-0.39, 0.29) is 0 Å². The molecule has 1 aromatic rings. The molecule has 0 fully saturated rings. The molecule has 0 aliphatic carbocycles. The average molecular weight is 265 g/mol. The van der Waals surface area contributed by atoms with Gasteiger partial charge in [-0.05, 0) is 57.2 Å². The van der Waals surface area contributed by atoms with Crippen LogP contribution in [0.4, 0.5) is 0 Å². The van der Waals surface area contributed by atoms with Gasteiger partial charge in [-0.3, -0.25) is 4.68 Å². The molecular weight excluding hydrogens is 234 g/mol. The van der Waals surface area contributed by atoms with Crippen LogP contribution in [0.2, 0.25) is 0 Å². The first kappa shape index (κ1) is 16.2. The van der Waals surface area contributed by atoms with Crippen molar-refractivity contribution in [1.29, 1.82) is 0 Å². The van der Waals surface area contributed by atoms with Crippen LogP contribution in [0.5, 0.6) is 0 Å². The molecule has 0 spiro atoms. The zero-order chi connectivity index (χ0) is 14.3. The van der Waals surface area contributed by atoms with Gasteiger partial charge in [-0.15, -0.1) is 0 Å². The number of nitrogens with zero attached hydrogens (tertiary/aromatic N) is 2. The molecule has 1 N–H and O–H groups in total. The lowest BCUT2D eigenvalue weighted by Crippen LogP contribution is -2.28. The zero-order valence-electron chi connectivity index (χ0n) is 13.3. The van der Waals surface area contributed by atoms with Crippen molar-refractivity contribution < 1.29 is 0 Å². The highest BCUT2D eigenvalue weighted by Gasteiger charge is 2.15. The van der Waals surface area contributed by atoms with Crippen LogP contribution in [0.25, 0.3) is 0 Å². The monoisotopic (exact) mass is 265 g/mol. The summed E-state index contributed by atoms with van der Waals surface area (Å²) in [5, 5.41) is 8.26. The molecule has 110 valence electrons. The van der Waals surface area contributed by atoms with Crippen molar-refractivity contribution in [2.24, 2.45) is 11.8 Å². The summed E-state index contributed by atoms with van der Waals surface area (Å²) in [6.07, 6.45) is 5.54. The fourth-order valence-corrected chi connectivity index (χ4v) is 2.20. The Labute approximate surface area is 118 Å². The predicted molar refractivity (Wildman–Crippen MR) is 82.4 cm³/mol. The van der Waals surface area contributed by atoms with Crippen LogP contribution in [-0.2, 0) is 6.42 Å². The largest absolute Gasteiger partial charge is 0.316 e. The normalized spacial score (nSPS) is 14.8. The number of aromatic nitrogens is 2. The minimum absolute atomic E-state index is 0.504. The van der Waals surface area contributed by atoms with E-state index in [0.29, 0.717) is 17.9 Å². The first-order valence-corrected chi connectivity index (χ1v) is 7.83. The van der Waals surface area contributed by atoms with E-state index in [9.17, 15) is 0 Å². The van der Waals surface area contributed by atoms with E-state index < -0.39 is 0 Å². The molecule has 19 heavy (non-hydrogen) atoms. The van der Waals surface area contributed by atoms with E-state index in [2.05, 4.69) is 56.9 Å². The summed E-state index contributed by atoms with van der Waals surface area (Å²) in [5.41, 5.74) is 1.23. The maximum absolute atomic E-state index is 4.72. The maximum Gasteiger partial charge on any atom is 0.0628 e. The Morgan fingerprint density at radius 2 is 2.00 bits per heavy atom. The molecule has 0 aromatic carbocycles. The third-order valence-corrected chi connectivity index (χ3v) is 3.95. The quantitative estimate of drug-likeness (QED) is 0.690. The molecule has 2 unspecified atom stereocenters. The number of rotatable bonds is 9. The van der Waals surface area contributed by atoms with Crippen LogP contribution in [0, 0.1) is 11.8 Å². The van der Waals surface area contributed by atoms with E-state index in [4.69, 9.17) is 5.10 Å². The molecule has 0 radical (unpaired) electrons. The molecular formula is C16H31N3. The van der Waals surface area contributed by atoms with Crippen molar-refractivity contribution in [3.8, 4) is 0 Å². The van der Waals surface area contributed by atoms with Gasteiger partial charge in [0.05, 0.1) is 5.69 Å². The van der Waals surface area contributed by atoms with Gasteiger partial charge >= 0.3 is 0 Å². The van der Waals surface area contributed by atoms with Crippen LogP contribution in [0.1, 0.15) is 59.2 Å². The van der Waals surface area contributed by atoms with Crippen LogP contribution >= 0.6 is 0 Å². The highest BCUT2D eigenvalue weighted by molar-refractivity contribution is 5.01. The van der Waals surface area contributed by atoms with Gasteiger partial charge in [-0.25, -0.2) is 0 Å². The van der Waals surface area contributed by atoms with E-state index in [0.717, 1.165) is 25.9 Å². The Hall–Kier alpha value is -0.830. The fraction of sp³-hybridized carbons (Fsp3) is 0.812. The van der Waals surface area contributed by atoms with Crippen LogP contribution in [0.3, 0.4) is 0 Å². The first-order chi connectivity index (χ1) is 9.08. The molecule has 0 aliphatic rings. The van der Waals surface area contributed by atoms with Gasteiger partial charge in [0.15, 0.2) is 0 Å². The molecule has 2 atom stereocenters. The van der Waals surface area contributed by atoms with Gasteiger partial charge in [-0.1, -0.05) is 27.7 Å². The van der Waals surface area contributed by atoms with E-state index >= 15 is 0 Å². The summed E-state index contributed by atoms with van der Waals surface area (Å²) in [5.74, 6) is 1.37. The zero-order valence-corrected chi connectivity index (χ0v) is 13.3. The average Bonchev–Trinajstić information content (AvgIpc) is 2.85. The van der Waals surface area contributed by atoms with Crippen LogP contribution in [-0.4, -0.2) is 22.9 Å². The summed E-state index contributed by atoms with van der Waals surface area (Å²) in [6, 6.07) is 2.69. The number of hydrogen-bond donors (Lipinski definition) is 1. The molecule has 0 saturated heterocycles. The molecule has 1 heterocycles. The molecule has 1 rings (SSSR count). The second kappa shape index (κ2) is 8.36. The number of hydrogen-bond acceptors (Lipinski definition) is 2. The Morgan fingerprint density at radius 3 is 2.58 bits per heavy atom. The molecule has 3 nitrogen and oxygen atoms in total. The Morgan fingerprint density at radius 1 is 1.26 bits per heavy atom. The van der Waals surface area contributed by atoms with Gasteiger partial charge in [0.2, 0.25) is 0 Å². The van der Waals surface area contributed by atoms with Crippen LogP contribution < -0.4 is 5.32 Å². The number of nitrogens with one attached hydrogen (secondary N) is 1. The lowest BCUT2D eigenvalue weighted by Gasteiger charge is -2.20. The third-order valence-electron chi connectivity index (χ3n) is 3.95. The Balaban J connectivity index is 2.55. The Bertz CT molecular complexity index is 344. The van der Waals surface area contributed by atoms with Crippen molar-refractivity contribution in [1.82, 2.24) is 15.1 Å². The van der Waals surface area contributed by atoms with Crippen molar-refractivity contribution in [2.75, 3.05) is 13.1 Å². The lowest BCUT2D eigenvalue weighted by atomic mass is 9.91. The topological polar surface area (TPSA) is 29.9 Å². The van der Waals surface area contributed by atoms with Gasteiger partial charge in [0, 0.05) is 12.2 Å². The maximum atomic E-state index is 4.72. The minimum atomic E-state index is 0.504. The summed E-state index contributed by atoms with van der Waals surface area (Å²) >= 11 is 0. The first-order valence-electron chi connectivity index (χ1n) is 7.83. The highest BCUT2D eigenvalue weighted by atomic mass is 15.3. The standard InChI is InChI=1S/C16H31N3/c1-6-9-17-12-15(13(3)4)11-16-8-10-19(18-16)14(5)7-2/h8,10,13-15,17H,6-7,9,11-12H2,1-5H3. The van der Waals surface area contributed by atoms with Crippen molar-refractivity contribution in [2.45, 2.75) is 59.9 Å². The van der Waals surface area contributed by atoms with Gasteiger partial charge in [-0.2, -0.15) is 5.10 Å². The van der Waals surface area contributed by atoms with Crippen molar-refractivity contribution >= 4 is 0 Å². The van der Waals surface area contributed by atoms with Gasteiger partial charge < -0.3 is 5.32 Å². The fourth-order valence-electron chi connectivity index (χ4n) is 2.20. The smallest absolute Gasteiger partial charge is 0.0628 e. The summed E-state index contributed by atoms with van der Waals surface area (Å²) < 4.78 is 2.10. The molecule has 0 aliphatic heterocycles. The van der Waals surface area contributed by atoms with Gasteiger partial charge in [0.1, 0.15) is 0 Å². The second-order valence-electron chi connectivity index (χ2n) is 5.96. The minimum Gasteiger partial charge on any atom is -0.316 e. The van der Waals surface area contributed by atoms with Crippen LogP contribution in [0.15, 0.2) is 12.3 Å². The predicted octanol–water partition coefficient (Wildman–Crippen LogP) is 3.67.